The van der Waals surface area contributed by atoms with E-state index in [-0.39, 0.29) is 24.6 Å². The zero-order valence-electron chi connectivity index (χ0n) is 20.2. The number of carbonyl (C=O) groups excluding carboxylic acids is 5. The van der Waals surface area contributed by atoms with E-state index in [9.17, 15) is 24.0 Å². The molecule has 0 spiro atoms. The molecular formula is C25H31NO8. The standard InChI is InChI=1S/C25H31NO8/c1-6-34-25(31)20-21(27)18(12-9-16-7-10-17(11-8-16)23(29)32-4)14-26(22(20)28)19(13-15(2)3)24(30)33-5/h7-8,10-12,15,19-20H,6,9,13-14H2,1-5H3/b18-12+. The van der Waals surface area contributed by atoms with Gasteiger partial charge in [0.25, 0.3) is 0 Å². The fraction of sp³-hybridized carbons (Fsp3) is 0.480. The lowest BCUT2D eigenvalue weighted by atomic mass is 9.88. The topological polar surface area (TPSA) is 116 Å². The van der Waals surface area contributed by atoms with Gasteiger partial charge in [-0.05, 0) is 43.4 Å². The lowest BCUT2D eigenvalue weighted by Gasteiger charge is -2.37. The molecule has 0 aromatic heterocycles. The summed E-state index contributed by atoms with van der Waals surface area (Å²) in [6, 6.07) is 5.72. The first-order chi connectivity index (χ1) is 16.1. The van der Waals surface area contributed by atoms with E-state index in [1.54, 1.807) is 37.3 Å². The molecule has 2 unspecified atom stereocenters. The summed E-state index contributed by atoms with van der Waals surface area (Å²) in [7, 11) is 2.52. The van der Waals surface area contributed by atoms with Crippen LogP contribution >= 0.6 is 0 Å². The molecule has 2 atom stereocenters. The number of hydrogen-bond acceptors (Lipinski definition) is 8. The first-order valence-corrected chi connectivity index (χ1v) is 11.1. The van der Waals surface area contributed by atoms with E-state index in [2.05, 4.69) is 4.74 Å². The second kappa shape index (κ2) is 12.1. The molecule has 0 N–H and O–H groups in total. The predicted octanol–water partition coefficient (Wildman–Crippen LogP) is 2.12. The smallest absolute Gasteiger partial charge is 0.337 e. The van der Waals surface area contributed by atoms with Gasteiger partial charge in [0, 0.05) is 12.1 Å². The summed E-state index contributed by atoms with van der Waals surface area (Å²) in [4.78, 5) is 64.1. The van der Waals surface area contributed by atoms with E-state index in [1.165, 1.54) is 19.1 Å². The van der Waals surface area contributed by atoms with E-state index in [4.69, 9.17) is 9.47 Å². The number of likely N-dealkylation sites (tertiary alicyclic amines) is 1. The van der Waals surface area contributed by atoms with E-state index in [0.29, 0.717) is 18.4 Å². The van der Waals surface area contributed by atoms with Gasteiger partial charge >= 0.3 is 17.9 Å². The van der Waals surface area contributed by atoms with Crippen molar-refractivity contribution in [3.63, 3.8) is 0 Å². The van der Waals surface area contributed by atoms with Crippen LogP contribution in [0.1, 0.15) is 43.1 Å². The quantitative estimate of drug-likeness (QED) is 0.232. The fourth-order valence-electron chi connectivity index (χ4n) is 3.73. The van der Waals surface area contributed by atoms with Gasteiger partial charge in [0.1, 0.15) is 6.04 Å². The molecule has 1 aromatic carbocycles. The summed E-state index contributed by atoms with van der Waals surface area (Å²) in [5, 5.41) is 0. The molecule has 1 aromatic rings. The SMILES string of the molecule is CCOC(=O)C1C(=O)/C(=C/Cc2ccc(C(=O)OC)cc2)CN(C(CC(C)C)C(=O)OC)C1=O. The maximum Gasteiger partial charge on any atom is 0.337 e. The Labute approximate surface area is 199 Å². The number of amides is 1. The maximum absolute atomic E-state index is 13.2. The van der Waals surface area contributed by atoms with Crippen LogP contribution in [-0.2, 0) is 39.8 Å². The summed E-state index contributed by atoms with van der Waals surface area (Å²) in [6.45, 7) is 5.26. The lowest BCUT2D eigenvalue weighted by molar-refractivity contribution is -0.165. The van der Waals surface area contributed by atoms with Crippen molar-refractivity contribution in [2.75, 3.05) is 27.4 Å². The molecule has 2 rings (SSSR count). The Kier molecular flexibility index (Phi) is 9.53. The monoisotopic (exact) mass is 473 g/mol. The average molecular weight is 474 g/mol. The molecule has 1 amide bonds. The van der Waals surface area contributed by atoms with Crippen molar-refractivity contribution < 1.29 is 38.2 Å². The van der Waals surface area contributed by atoms with Crippen molar-refractivity contribution in [3.05, 3.63) is 47.0 Å². The number of methoxy groups -OCH3 is 2. The minimum absolute atomic E-state index is 0.00785. The molecule has 1 aliphatic rings. The van der Waals surface area contributed by atoms with Gasteiger partial charge in [-0.3, -0.25) is 14.4 Å². The zero-order valence-corrected chi connectivity index (χ0v) is 20.2. The van der Waals surface area contributed by atoms with Crippen LogP contribution in [0.2, 0.25) is 0 Å². The number of nitrogens with zero attached hydrogens (tertiary/aromatic N) is 1. The Morgan fingerprint density at radius 1 is 1.09 bits per heavy atom. The highest BCUT2D eigenvalue weighted by Gasteiger charge is 2.47. The van der Waals surface area contributed by atoms with Crippen LogP contribution < -0.4 is 0 Å². The maximum atomic E-state index is 13.2. The molecule has 9 heteroatoms. The average Bonchev–Trinajstić information content (AvgIpc) is 2.81. The van der Waals surface area contributed by atoms with Crippen molar-refractivity contribution in [2.45, 2.75) is 39.7 Å². The molecule has 1 fully saturated rings. The van der Waals surface area contributed by atoms with Crippen molar-refractivity contribution >= 4 is 29.6 Å². The van der Waals surface area contributed by atoms with Crippen LogP contribution in [0.15, 0.2) is 35.9 Å². The number of esters is 3. The molecule has 9 nitrogen and oxygen atoms in total. The number of hydrogen-bond donors (Lipinski definition) is 0. The number of rotatable bonds is 9. The van der Waals surface area contributed by atoms with Gasteiger partial charge in [-0.25, -0.2) is 9.59 Å². The highest BCUT2D eigenvalue weighted by atomic mass is 16.5. The zero-order chi connectivity index (χ0) is 25.4. The number of carbonyl (C=O) groups is 5. The highest BCUT2D eigenvalue weighted by molar-refractivity contribution is 6.24. The normalized spacial score (nSPS) is 18.1. The van der Waals surface area contributed by atoms with Crippen LogP contribution in [-0.4, -0.2) is 67.9 Å². The molecule has 1 heterocycles. The van der Waals surface area contributed by atoms with E-state index in [1.807, 2.05) is 13.8 Å². The van der Waals surface area contributed by atoms with Crippen LogP contribution in [0.5, 0.6) is 0 Å². The van der Waals surface area contributed by atoms with Gasteiger partial charge in [-0.15, -0.1) is 0 Å². The number of ketones is 1. The molecule has 34 heavy (non-hydrogen) atoms. The summed E-state index contributed by atoms with van der Waals surface area (Å²) < 4.78 is 14.6. The van der Waals surface area contributed by atoms with Gasteiger partial charge in [-0.1, -0.05) is 32.1 Å². The van der Waals surface area contributed by atoms with Crippen LogP contribution in [0.3, 0.4) is 0 Å². The highest BCUT2D eigenvalue weighted by Crippen LogP contribution is 2.26. The van der Waals surface area contributed by atoms with Gasteiger partial charge in [0.15, 0.2) is 11.7 Å². The molecule has 0 bridgehead atoms. The van der Waals surface area contributed by atoms with Gasteiger partial charge in [0.05, 0.1) is 26.4 Å². The fourth-order valence-corrected chi connectivity index (χ4v) is 3.73. The van der Waals surface area contributed by atoms with E-state index >= 15 is 0 Å². The molecule has 0 saturated carbocycles. The Balaban J connectivity index is 2.40. The summed E-state index contributed by atoms with van der Waals surface area (Å²) in [5.41, 5.74) is 1.42. The number of piperidine rings is 1. The van der Waals surface area contributed by atoms with E-state index < -0.39 is 41.6 Å². The minimum Gasteiger partial charge on any atom is -0.467 e. The molecule has 0 aliphatic carbocycles. The molecule has 0 radical (unpaired) electrons. The molecule has 184 valence electrons. The van der Waals surface area contributed by atoms with Gasteiger partial charge in [-0.2, -0.15) is 0 Å². The lowest BCUT2D eigenvalue weighted by Crippen LogP contribution is -2.57. The number of ether oxygens (including phenoxy) is 3. The minimum atomic E-state index is -1.67. The number of allylic oxidation sites excluding steroid dienone is 1. The Morgan fingerprint density at radius 3 is 2.26 bits per heavy atom. The van der Waals surface area contributed by atoms with Crippen LogP contribution in [0, 0.1) is 11.8 Å². The summed E-state index contributed by atoms with van der Waals surface area (Å²) >= 11 is 0. The van der Waals surface area contributed by atoms with E-state index in [0.717, 1.165) is 5.56 Å². The number of Topliss-reactive ketones (excluding diaryl/α,β-unsaturated/α-hetero) is 1. The second-order valence-electron chi connectivity index (χ2n) is 8.31. The molecular weight excluding hydrogens is 442 g/mol. The van der Waals surface area contributed by atoms with Crippen molar-refractivity contribution in [2.24, 2.45) is 11.8 Å². The molecule has 1 saturated heterocycles. The Morgan fingerprint density at radius 2 is 1.74 bits per heavy atom. The van der Waals surface area contributed by atoms with Crippen LogP contribution in [0.4, 0.5) is 0 Å². The third-order valence-electron chi connectivity index (χ3n) is 5.48. The third kappa shape index (κ3) is 6.30. The predicted molar refractivity (Wildman–Crippen MR) is 122 cm³/mol. The first-order valence-electron chi connectivity index (χ1n) is 11.1. The third-order valence-corrected chi connectivity index (χ3v) is 5.48. The molecule has 1 aliphatic heterocycles. The van der Waals surface area contributed by atoms with Gasteiger partial charge < -0.3 is 19.1 Å². The van der Waals surface area contributed by atoms with Crippen molar-refractivity contribution in [1.82, 2.24) is 4.90 Å². The Bertz CT molecular complexity index is 964. The number of benzene rings is 1. The summed E-state index contributed by atoms with van der Waals surface area (Å²) in [5.74, 6) is -5.03. The van der Waals surface area contributed by atoms with Crippen LogP contribution in [0.25, 0.3) is 0 Å². The van der Waals surface area contributed by atoms with Crippen molar-refractivity contribution in [3.8, 4) is 0 Å². The van der Waals surface area contributed by atoms with Crippen molar-refractivity contribution in [1.29, 1.82) is 0 Å². The van der Waals surface area contributed by atoms with Gasteiger partial charge in [0.2, 0.25) is 5.91 Å². The second-order valence-corrected chi connectivity index (χ2v) is 8.31. The first kappa shape index (κ1) is 26.8. The summed E-state index contributed by atoms with van der Waals surface area (Å²) in [6.07, 6.45) is 2.25. The Hall–Kier alpha value is -3.49. The largest absolute Gasteiger partial charge is 0.467 e.